The second-order valence-corrected chi connectivity index (χ2v) is 11.4. The normalized spacial score (nSPS) is 13.9. The highest BCUT2D eigenvalue weighted by atomic mass is 15.1. The predicted octanol–water partition coefficient (Wildman–Crippen LogP) is 9.70. The third-order valence-corrected chi connectivity index (χ3v) is 8.34. The summed E-state index contributed by atoms with van der Waals surface area (Å²) in [4.78, 5) is 3.72. The van der Waals surface area contributed by atoms with E-state index in [1.807, 2.05) is 0 Å². The number of unbranched alkanes of at least 4 members (excludes halogenated alkanes) is 10. The summed E-state index contributed by atoms with van der Waals surface area (Å²) >= 11 is 0. The van der Waals surface area contributed by atoms with Crippen LogP contribution in [0.25, 0.3) is 0 Å². The highest BCUT2D eigenvalue weighted by molar-refractivity contribution is 5.32. The summed E-state index contributed by atoms with van der Waals surface area (Å²) < 4.78 is 2.54. The van der Waals surface area contributed by atoms with Gasteiger partial charge in [0.15, 0.2) is 0 Å². The minimum absolute atomic E-state index is 0.0160. The molecule has 2 unspecified atom stereocenters. The first-order chi connectivity index (χ1) is 18.2. The van der Waals surface area contributed by atoms with Crippen LogP contribution >= 0.6 is 0 Å². The zero-order valence-electron chi connectivity index (χ0n) is 24.1. The first-order valence-corrected chi connectivity index (χ1v) is 15.3. The van der Waals surface area contributed by atoms with Crippen molar-refractivity contribution in [1.82, 2.24) is 4.98 Å². The Morgan fingerprint density at radius 1 is 0.703 bits per heavy atom. The second kappa shape index (κ2) is 16.5. The molecule has 3 rings (SSSR count). The van der Waals surface area contributed by atoms with E-state index in [2.05, 4.69) is 103 Å². The zero-order chi connectivity index (χ0) is 26.2. The summed E-state index contributed by atoms with van der Waals surface area (Å²) in [6, 6.07) is 22.3. The number of H-pyrrole nitrogens is 1. The minimum atomic E-state index is 0.0160. The lowest BCUT2D eigenvalue weighted by Crippen LogP contribution is -2.43. The van der Waals surface area contributed by atoms with Crippen LogP contribution in [-0.2, 0) is 18.4 Å². The topological polar surface area (TPSA) is 19.7 Å². The molecule has 37 heavy (non-hydrogen) atoms. The lowest BCUT2D eigenvalue weighted by Gasteiger charge is -2.37. The summed E-state index contributed by atoms with van der Waals surface area (Å²) in [7, 11) is 0. The van der Waals surface area contributed by atoms with Crippen molar-refractivity contribution in [3.05, 3.63) is 90.0 Å². The molecule has 0 aliphatic carbocycles. The fraction of sp³-hybridized carbons (Fsp3) is 0.571. The fourth-order valence-corrected chi connectivity index (χ4v) is 6.07. The maximum absolute atomic E-state index is 3.72. The van der Waals surface area contributed by atoms with Crippen molar-refractivity contribution in [2.75, 3.05) is 0 Å². The van der Waals surface area contributed by atoms with Gasteiger partial charge < -0.3 is 0 Å². The number of hydrogen-bond donors (Lipinski definition) is 1. The average Bonchev–Trinajstić information content (AvgIpc) is 3.39. The van der Waals surface area contributed by atoms with Crippen LogP contribution in [0.3, 0.4) is 0 Å². The number of benzene rings is 2. The SMILES string of the molecule is CCCCCCCCCCCC[n+]1cc[nH]c1C(CCCC)C(C)(Cc1ccccc1)c1ccccc1. The van der Waals surface area contributed by atoms with Crippen molar-refractivity contribution in [2.45, 2.75) is 129 Å². The van der Waals surface area contributed by atoms with Crippen molar-refractivity contribution in [2.24, 2.45) is 0 Å². The van der Waals surface area contributed by atoms with Crippen molar-refractivity contribution in [3.63, 3.8) is 0 Å². The van der Waals surface area contributed by atoms with E-state index in [0.29, 0.717) is 5.92 Å². The molecule has 0 bridgehead atoms. The van der Waals surface area contributed by atoms with Gasteiger partial charge in [-0.3, -0.25) is 0 Å². The van der Waals surface area contributed by atoms with E-state index in [4.69, 9.17) is 0 Å². The molecule has 0 spiro atoms. The lowest BCUT2D eigenvalue weighted by molar-refractivity contribution is -0.705. The number of imidazole rings is 1. The van der Waals surface area contributed by atoms with Crippen LogP contribution in [0.15, 0.2) is 73.1 Å². The largest absolute Gasteiger partial charge is 0.258 e. The van der Waals surface area contributed by atoms with Gasteiger partial charge in [0.05, 0.1) is 12.5 Å². The molecule has 0 aliphatic rings. The van der Waals surface area contributed by atoms with E-state index in [1.165, 1.54) is 100 Å². The third-order valence-electron chi connectivity index (χ3n) is 8.34. The first kappa shape index (κ1) is 29.2. The minimum Gasteiger partial charge on any atom is -0.247 e. The molecular weight excluding hydrogens is 448 g/mol. The van der Waals surface area contributed by atoms with Gasteiger partial charge in [-0.05, 0) is 36.8 Å². The number of hydrogen-bond acceptors (Lipinski definition) is 0. The number of nitrogens with one attached hydrogen (secondary N) is 1. The molecule has 0 saturated carbocycles. The molecule has 0 aliphatic heterocycles. The Balaban J connectivity index is 1.70. The number of aryl methyl sites for hydroxylation is 1. The smallest absolute Gasteiger partial charge is 0.247 e. The maximum atomic E-state index is 3.72. The summed E-state index contributed by atoms with van der Waals surface area (Å²) in [6.07, 6.45) is 23.0. The summed E-state index contributed by atoms with van der Waals surface area (Å²) in [5, 5.41) is 0. The van der Waals surface area contributed by atoms with Crippen molar-refractivity contribution < 1.29 is 4.57 Å². The Kier molecular flexibility index (Phi) is 13.0. The van der Waals surface area contributed by atoms with E-state index in [1.54, 1.807) is 0 Å². The molecule has 1 aromatic heterocycles. The quantitative estimate of drug-likeness (QED) is 0.125. The van der Waals surface area contributed by atoms with Crippen LogP contribution in [-0.4, -0.2) is 4.98 Å². The van der Waals surface area contributed by atoms with E-state index in [9.17, 15) is 0 Å². The Hall–Kier alpha value is -2.35. The van der Waals surface area contributed by atoms with E-state index in [-0.39, 0.29) is 5.41 Å². The third kappa shape index (κ3) is 9.16. The van der Waals surface area contributed by atoms with Crippen LogP contribution in [0.5, 0.6) is 0 Å². The molecular formula is C35H53N2+. The van der Waals surface area contributed by atoms with Gasteiger partial charge in [0.1, 0.15) is 12.4 Å². The van der Waals surface area contributed by atoms with Crippen molar-refractivity contribution in [1.29, 1.82) is 0 Å². The van der Waals surface area contributed by atoms with Crippen molar-refractivity contribution in [3.8, 4) is 0 Å². The van der Waals surface area contributed by atoms with Gasteiger partial charge >= 0.3 is 0 Å². The molecule has 2 atom stereocenters. The lowest BCUT2D eigenvalue weighted by atomic mass is 9.66. The molecule has 0 radical (unpaired) electrons. The van der Waals surface area contributed by atoms with Gasteiger partial charge in [0.25, 0.3) is 5.82 Å². The number of nitrogens with zero attached hydrogens (tertiary/aromatic N) is 1. The van der Waals surface area contributed by atoms with Crippen LogP contribution in [0.4, 0.5) is 0 Å². The molecule has 0 fully saturated rings. The Morgan fingerprint density at radius 3 is 1.89 bits per heavy atom. The number of rotatable bonds is 19. The van der Waals surface area contributed by atoms with Gasteiger partial charge in [-0.15, -0.1) is 0 Å². The van der Waals surface area contributed by atoms with Gasteiger partial charge in [0.2, 0.25) is 0 Å². The van der Waals surface area contributed by atoms with E-state index >= 15 is 0 Å². The standard InChI is InChI=1S/C35H52N2/c1-4-6-8-9-10-11-12-13-14-21-28-37-29-27-36-34(37)33(26-7-5-2)35(3,32-24-19-16-20-25-32)30-31-22-17-15-18-23-31/h15-20,22-25,27,29,33H,4-14,21,26,28,30H2,1-3H3/p+1. The zero-order valence-corrected chi connectivity index (χ0v) is 24.1. The van der Waals surface area contributed by atoms with Crippen LogP contribution in [0, 0.1) is 0 Å². The molecule has 1 heterocycles. The van der Waals surface area contributed by atoms with Gasteiger partial charge in [-0.1, -0.05) is 146 Å². The monoisotopic (exact) mass is 501 g/mol. The van der Waals surface area contributed by atoms with Gasteiger partial charge in [-0.25, -0.2) is 9.55 Å². The molecule has 2 nitrogen and oxygen atoms in total. The van der Waals surface area contributed by atoms with Crippen LogP contribution in [0.2, 0.25) is 0 Å². The molecule has 3 aromatic rings. The Bertz CT molecular complexity index is 961. The first-order valence-electron chi connectivity index (χ1n) is 15.3. The summed E-state index contributed by atoms with van der Waals surface area (Å²) in [5.41, 5.74) is 2.88. The highest BCUT2D eigenvalue weighted by Gasteiger charge is 2.41. The Morgan fingerprint density at radius 2 is 1.27 bits per heavy atom. The van der Waals surface area contributed by atoms with Gasteiger partial charge in [0, 0.05) is 5.41 Å². The average molecular weight is 502 g/mol. The molecule has 1 N–H and O–H groups in total. The van der Waals surface area contributed by atoms with E-state index in [0.717, 1.165) is 13.0 Å². The van der Waals surface area contributed by atoms with Crippen molar-refractivity contribution >= 4 is 0 Å². The second-order valence-electron chi connectivity index (χ2n) is 11.4. The molecule has 202 valence electrons. The van der Waals surface area contributed by atoms with Crippen LogP contribution < -0.4 is 4.57 Å². The van der Waals surface area contributed by atoms with E-state index < -0.39 is 0 Å². The molecule has 0 amide bonds. The highest BCUT2D eigenvalue weighted by Crippen LogP contribution is 2.43. The number of aromatic amines is 1. The molecule has 2 heteroatoms. The van der Waals surface area contributed by atoms with Gasteiger partial charge in [-0.2, -0.15) is 0 Å². The summed E-state index contributed by atoms with van der Waals surface area (Å²) in [5.74, 6) is 1.85. The summed E-state index contributed by atoms with van der Waals surface area (Å²) in [6.45, 7) is 8.24. The maximum Gasteiger partial charge on any atom is 0.258 e. The number of aromatic nitrogens is 2. The molecule has 0 saturated heterocycles. The molecule has 2 aromatic carbocycles. The van der Waals surface area contributed by atoms with Crippen LogP contribution in [0.1, 0.15) is 127 Å². The Labute approximate surface area is 227 Å². The predicted molar refractivity (Wildman–Crippen MR) is 159 cm³/mol. The fourth-order valence-electron chi connectivity index (χ4n) is 6.07.